The summed E-state index contributed by atoms with van der Waals surface area (Å²) in [5.41, 5.74) is -1.69. The summed E-state index contributed by atoms with van der Waals surface area (Å²) in [6.45, 7) is 1.32. The highest BCUT2D eigenvalue weighted by molar-refractivity contribution is 9.10. The highest BCUT2D eigenvalue weighted by atomic mass is 79.9. The number of esters is 1. The van der Waals surface area contributed by atoms with Crippen LogP contribution in [0.25, 0.3) is 6.08 Å². The van der Waals surface area contributed by atoms with E-state index in [1.165, 1.54) is 44.4 Å². The number of benzene rings is 3. The molecule has 0 bridgehead atoms. The fourth-order valence-electron chi connectivity index (χ4n) is 4.73. The van der Waals surface area contributed by atoms with Crippen molar-refractivity contribution in [1.82, 2.24) is 4.57 Å². The highest BCUT2D eigenvalue weighted by Crippen LogP contribution is 2.39. The molecule has 1 aliphatic rings. The number of nitrogens with zero attached hydrogens (tertiary/aromatic N) is 2. The minimum absolute atomic E-state index is 0.0175. The van der Waals surface area contributed by atoms with E-state index in [2.05, 4.69) is 20.9 Å². The molecule has 15 heteroatoms. The SMILES string of the molecule is CCOC(=O)C1=C(C(F)(F)F)N=c2s/c(=C\c3cc(Br)cc(OC)c3OCc3ccc(Cl)c(Cl)c3)c(=O)n2[C@H]1c1ccc(Cl)cc1. The lowest BCUT2D eigenvalue weighted by atomic mass is 9.95. The molecule has 1 aliphatic heterocycles. The Labute approximate surface area is 287 Å². The van der Waals surface area contributed by atoms with Crippen molar-refractivity contribution >= 4 is 74.1 Å². The molecule has 0 N–H and O–H groups in total. The number of allylic oxidation sites excluding steroid dienone is 1. The first kappa shape index (κ1) is 34.1. The normalized spacial score (nSPS) is 15.0. The van der Waals surface area contributed by atoms with E-state index in [1.54, 1.807) is 30.3 Å². The van der Waals surface area contributed by atoms with Gasteiger partial charge in [-0.1, -0.05) is 80.3 Å². The number of carbonyl (C=O) groups is 1. The quantitative estimate of drug-likeness (QED) is 0.172. The summed E-state index contributed by atoms with van der Waals surface area (Å²) >= 11 is 22.4. The van der Waals surface area contributed by atoms with E-state index in [0.717, 1.165) is 15.9 Å². The zero-order valence-corrected chi connectivity index (χ0v) is 28.4. The Balaban J connectivity index is 1.72. The van der Waals surface area contributed by atoms with Crippen molar-refractivity contribution in [1.29, 1.82) is 0 Å². The molecule has 7 nitrogen and oxygen atoms in total. The number of fused-ring (bicyclic) bond motifs is 1. The zero-order valence-electron chi connectivity index (χ0n) is 23.8. The van der Waals surface area contributed by atoms with Gasteiger partial charge in [0.15, 0.2) is 22.0 Å². The molecule has 0 saturated heterocycles. The first-order valence-electron chi connectivity index (χ1n) is 13.3. The predicted molar refractivity (Wildman–Crippen MR) is 174 cm³/mol. The number of carbonyl (C=O) groups excluding carboxylic acids is 1. The van der Waals surface area contributed by atoms with Gasteiger partial charge in [0.05, 0.1) is 39.9 Å². The molecule has 0 fully saturated rings. The van der Waals surface area contributed by atoms with Crippen molar-refractivity contribution in [3.8, 4) is 11.5 Å². The number of alkyl halides is 3. The van der Waals surface area contributed by atoms with Gasteiger partial charge >= 0.3 is 12.1 Å². The van der Waals surface area contributed by atoms with Crippen LogP contribution < -0.4 is 24.4 Å². The fourth-order valence-corrected chi connectivity index (χ4v) is 6.62. The smallest absolute Gasteiger partial charge is 0.434 e. The summed E-state index contributed by atoms with van der Waals surface area (Å²) in [4.78, 5) is 30.6. The molecule has 0 unspecified atom stereocenters. The molecule has 0 amide bonds. The largest absolute Gasteiger partial charge is 0.493 e. The Kier molecular flexibility index (Phi) is 10.2. The lowest BCUT2D eigenvalue weighted by molar-refractivity contribution is -0.140. The molecule has 46 heavy (non-hydrogen) atoms. The number of methoxy groups -OCH3 is 1. The van der Waals surface area contributed by atoms with Gasteiger partial charge in [-0.25, -0.2) is 9.79 Å². The van der Waals surface area contributed by atoms with Crippen LogP contribution in [0.3, 0.4) is 0 Å². The van der Waals surface area contributed by atoms with Gasteiger partial charge in [-0.3, -0.25) is 9.36 Å². The van der Waals surface area contributed by atoms with Gasteiger partial charge in [0.25, 0.3) is 5.56 Å². The van der Waals surface area contributed by atoms with Crippen molar-refractivity contribution in [3.63, 3.8) is 0 Å². The van der Waals surface area contributed by atoms with Gasteiger partial charge in [-0.15, -0.1) is 0 Å². The lowest BCUT2D eigenvalue weighted by Crippen LogP contribution is -2.41. The molecule has 0 saturated carbocycles. The summed E-state index contributed by atoms with van der Waals surface area (Å²) in [6.07, 6.45) is -3.58. The minimum Gasteiger partial charge on any atom is -0.493 e. The monoisotopic (exact) mass is 774 g/mol. The van der Waals surface area contributed by atoms with Crippen LogP contribution >= 0.6 is 62.1 Å². The second kappa shape index (κ2) is 13.8. The van der Waals surface area contributed by atoms with E-state index < -0.39 is 35.0 Å². The van der Waals surface area contributed by atoms with E-state index in [0.29, 0.717) is 36.4 Å². The van der Waals surface area contributed by atoms with Crippen LogP contribution in [0.15, 0.2) is 80.1 Å². The van der Waals surface area contributed by atoms with Crippen molar-refractivity contribution in [2.24, 2.45) is 4.99 Å². The van der Waals surface area contributed by atoms with E-state index >= 15 is 0 Å². The molecule has 3 aromatic carbocycles. The summed E-state index contributed by atoms with van der Waals surface area (Å²) in [6, 6.07) is 12.6. The van der Waals surface area contributed by atoms with Gasteiger partial charge in [0.1, 0.15) is 6.61 Å². The molecule has 240 valence electrons. The minimum atomic E-state index is -5.04. The standard InChI is InChI=1S/C31H21BrCl3F3N2O5S/c1-3-44-29(42)24-25(16-5-7-19(33)8-6-16)40-28(41)23(46-30(40)39-27(24)31(36,37)38)12-17-11-18(32)13-22(43-2)26(17)45-14-15-4-9-20(34)21(35)10-15/h4-13,25H,3,14H2,1-2H3/b23-12-/t25-/m0/s1. The molecule has 5 rings (SSSR count). The number of halogens is 7. The Morgan fingerprint density at radius 3 is 2.43 bits per heavy atom. The van der Waals surface area contributed by atoms with Gasteiger partial charge in [-0.05, 0) is 60.5 Å². The summed E-state index contributed by atoms with van der Waals surface area (Å²) < 4.78 is 61.6. The van der Waals surface area contributed by atoms with Crippen molar-refractivity contribution in [2.75, 3.05) is 13.7 Å². The van der Waals surface area contributed by atoms with E-state index in [1.807, 2.05) is 0 Å². The number of hydrogen-bond acceptors (Lipinski definition) is 7. The maximum absolute atomic E-state index is 14.4. The van der Waals surface area contributed by atoms with Crippen LogP contribution in [0.1, 0.15) is 29.7 Å². The maximum Gasteiger partial charge on any atom is 0.434 e. The average Bonchev–Trinajstić information content (AvgIpc) is 3.31. The molecule has 1 atom stereocenters. The van der Waals surface area contributed by atoms with Crippen LogP contribution in [-0.4, -0.2) is 30.4 Å². The molecule has 4 aromatic rings. The molecule has 0 radical (unpaired) electrons. The van der Waals surface area contributed by atoms with Crippen molar-refractivity contribution in [3.05, 3.63) is 122 Å². The third kappa shape index (κ3) is 7.01. The molecule has 0 aliphatic carbocycles. The fraction of sp³-hybridized carbons (Fsp3) is 0.194. The third-order valence-corrected chi connectivity index (χ3v) is 9.13. The van der Waals surface area contributed by atoms with Crippen LogP contribution in [0, 0.1) is 0 Å². The van der Waals surface area contributed by atoms with E-state index in [-0.39, 0.29) is 33.9 Å². The van der Waals surface area contributed by atoms with Crippen LogP contribution in [-0.2, 0) is 16.1 Å². The highest BCUT2D eigenvalue weighted by Gasteiger charge is 2.45. The Hall–Kier alpha value is -3.29. The first-order valence-corrected chi connectivity index (χ1v) is 16.1. The first-order chi connectivity index (χ1) is 21.8. The average molecular weight is 777 g/mol. The molecule has 0 spiro atoms. The number of rotatable bonds is 8. The van der Waals surface area contributed by atoms with Gasteiger partial charge in [-0.2, -0.15) is 13.2 Å². The predicted octanol–water partition coefficient (Wildman–Crippen LogP) is 7.65. The topological polar surface area (TPSA) is 79.1 Å². The van der Waals surface area contributed by atoms with Crippen molar-refractivity contribution in [2.45, 2.75) is 25.7 Å². The Bertz CT molecular complexity index is 2050. The Morgan fingerprint density at radius 1 is 1.09 bits per heavy atom. The summed E-state index contributed by atoms with van der Waals surface area (Å²) in [5.74, 6) is -0.681. The van der Waals surface area contributed by atoms with Gasteiger partial charge < -0.3 is 14.2 Å². The molecular weight excluding hydrogens is 756 g/mol. The van der Waals surface area contributed by atoms with Gasteiger partial charge in [0, 0.05) is 15.1 Å². The summed E-state index contributed by atoms with van der Waals surface area (Å²) in [5, 5.41) is 1.02. The zero-order chi connectivity index (χ0) is 33.3. The van der Waals surface area contributed by atoms with Crippen LogP contribution in [0.4, 0.5) is 13.2 Å². The molecular formula is C31H21BrCl3F3N2O5S. The van der Waals surface area contributed by atoms with Crippen LogP contribution in [0.2, 0.25) is 15.1 Å². The molecule has 2 heterocycles. The van der Waals surface area contributed by atoms with Crippen molar-refractivity contribution < 1.29 is 32.2 Å². The summed E-state index contributed by atoms with van der Waals surface area (Å²) in [7, 11) is 1.44. The van der Waals surface area contributed by atoms with E-state index in [4.69, 9.17) is 49.0 Å². The second-order valence-electron chi connectivity index (χ2n) is 9.68. The van der Waals surface area contributed by atoms with Crippen LogP contribution in [0.5, 0.6) is 11.5 Å². The lowest BCUT2D eigenvalue weighted by Gasteiger charge is -2.26. The molecule has 1 aromatic heterocycles. The maximum atomic E-state index is 14.4. The number of aromatic nitrogens is 1. The van der Waals surface area contributed by atoms with E-state index in [9.17, 15) is 22.8 Å². The number of ether oxygens (including phenoxy) is 3. The van der Waals surface area contributed by atoms with Gasteiger partial charge in [0.2, 0.25) is 0 Å². The third-order valence-electron chi connectivity index (χ3n) is 6.70. The second-order valence-corrected chi connectivity index (χ2v) is 12.9. The Morgan fingerprint density at radius 2 is 1.80 bits per heavy atom. The number of hydrogen-bond donors (Lipinski definition) is 0. The number of thiazole rings is 1.